The second-order valence-electron chi connectivity index (χ2n) is 6.81. The molecular weight excluding hydrogens is 234 g/mol. The topological polar surface area (TPSA) is 32.5 Å². The van der Waals surface area contributed by atoms with E-state index in [2.05, 4.69) is 30.6 Å². The second-order valence-corrected chi connectivity index (χ2v) is 6.81. The molecule has 3 nitrogen and oxygen atoms in total. The van der Waals surface area contributed by atoms with Crippen LogP contribution in [0.1, 0.15) is 46.5 Å². The van der Waals surface area contributed by atoms with Crippen molar-refractivity contribution in [1.82, 2.24) is 9.80 Å². The third kappa shape index (κ3) is 3.71. The van der Waals surface area contributed by atoms with E-state index in [1.54, 1.807) is 0 Å². The van der Waals surface area contributed by atoms with Crippen molar-refractivity contribution in [2.75, 3.05) is 32.7 Å². The molecule has 2 fully saturated rings. The molecule has 0 aromatic carbocycles. The van der Waals surface area contributed by atoms with E-state index in [1.807, 2.05) is 0 Å². The van der Waals surface area contributed by atoms with Crippen LogP contribution in [0.2, 0.25) is 0 Å². The molecular formula is C16H33N3. The number of hydrogen-bond donors (Lipinski definition) is 1. The van der Waals surface area contributed by atoms with Gasteiger partial charge in [-0.2, -0.15) is 0 Å². The lowest BCUT2D eigenvalue weighted by atomic mass is 9.78. The number of rotatable bonds is 4. The van der Waals surface area contributed by atoms with E-state index >= 15 is 0 Å². The van der Waals surface area contributed by atoms with E-state index in [0.717, 1.165) is 30.5 Å². The number of nitrogens with zero attached hydrogens (tertiary/aromatic N) is 2. The third-order valence-electron chi connectivity index (χ3n) is 5.55. The van der Waals surface area contributed by atoms with Crippen molar-refractivity contribution in [2.45, 2.75) is 58.5 Å². The van der Waals surface area contributed by atoms with Crippen LogP contribution in [0, 0.1) is 11.8 Å². The maximum atomic E-state index is 6.01. The smallest absolute Gasteiger partial charge is 0.0139 e. The van der Waals surface area contributed by atoms with Crippen LogP contribution in [0.5, 0.6) is 0 Å². The summed E-state index contributed by atoms with van der Waals surface area (Å²) in [4.78, 5) is 5.40. The summed E-state index contributed by atoms with van der Waals surface area (Å²) in [6.45, 7) is 12.9. The molecule has 0 spiro atoms. The van der Waals surface area contributed by atoms with Gasteiger partial charge in [-0.15, -0.1) is 0 Å². The van der Waals surface area contributed by atoms with Crippen LogP contribution in [-0.4, -0.2) is 54.6 Å². The van der Waals surface area contributed by atoms with Gasteiger partial charge in [-0.3, -0.25) is 9.80 Å². The minimum absolute atomic E-state index is 0.742. The lowest BCUT2D eigenvalue weighted by Crippen LogP contribution is -2.56. The van der Waals surface area contributed by atoms with Gasteiger partial charge in [0.1, 0.15) is 0 Å². The SMILES string of the molecule is CCC(C)N1CCN(C2CC(C)CCC2CN)CC1. The van der Waals surface area contributed by atoms with E-state index in [9.17, 15) is 0 Å². The van der Waals surface area contributed by atoms with Crippen LogP contribution in [0.15, 0.2) is 0 Å². The molecule has 2 N–H and O–H groups in total. The predicted octanol–water partition coefficient (Wildman–Crippen LogP) is 2.17. The molecule has 0 amide bonds. The van der Waals surface area contributed by atoms with Crippen molar-refractivity contribution in [2.24, 2.45) is 17.6 Å². The van der Waals surface area contributed by atoms with Crippen molar-refractivity contribution in [3.63, 3.8) is 0 Å². The van der Waals surface area contributed by atoms with Gasteiger partial charge in [0.05, 0.1) is 0 Å². The monoisotopic (exact) mass is 267 g/mol. The van der Waals surface area contributed by atoms with Crippen LogP contribution < -0.4 is 5.73 Å². The Morgan fingerprint density at radius 3 is 2.42 bits per heavy atom. The number of hydrogen-bond acceptors (Lipinski definition) is 3. The summed E-state index contributed by atoms with van der Waals surface area (Å²) in [6, 6.07) is 1.51. The quantitative estimate of drug-likeness (QED) is 0.847. The molecule has 0 aromatic heterocycles. The Labute approximate surface area is 119 Å². The normalized spacial score (nSPS) is 36.3. The molecule has 1 saturated heterocycles. The van der Waals surface area contributed by atoms with Crippen LogP contribution in [0.3, 0.4) is 0 Å². The Morgan fingerprint density at radius 2 is 1.84 bits per heavy atom. The summed E-state index contributed by atoms with van der Waals surface area (Å²) < 4.78 is 0. The maximum absolute atomic E-state index is 6.01. The van der Waals surface area contributed by atoms with Crippen molar-refractivity contribution in [1.29, 1.82) is 0 Å². The number of piperazine rings is 1. The zero-order valence-corrected chi connectivity index (χ0v) is 13.1. The summed E-state index contributed by atoms with van der Waals surface area (Å²) in [7, 11) is 0. The molecule has 0 aromatic rings. The Balaban J connectivity index is 1.88. The fourth-order valence-electron chi connectivity index (χ4n) is 3.90. The zero-order valence-electron chi connectivity index (χ0n) is 13.1. The fraction of sp³-hybridized carbons (Fsp3) is 1.00. The van der Waals surface area contributed by atoms with Gasteiger partial charge < -0.3 is 5.73 Å². The predicted molar refractivity (Wildman–Crippen MR) is 82.2 cm³/mol. The first-order chi connectivity index (χ1) is 9.15. The van der Waals surface area contributed by atoms with Gasteiger partial charge in [-0.1, -0.05) is 20.3 Å². The van der Waals surface area contributed by atoms with Crippen LogP contribution in [-0.2, 0) is 0 Å². The maximum Gasteiger partial charge on any atom is 0.0139 e. The number of nitrogens with two attached hydrogens (primary N) is 1. The Hall–Kier alpha value is -0.120. The summed E-state index contributed by atoms with van der Waals surface area (Å²) >= 11 is 0. The highest BCUT2D eigenvalue weighted by atomic mass is 15.3. The molecule has 1 aliphatic heterocycles. The third-order valence-corrected chi connectivity index (χ3v) is 5.55. The molecule has 112 valence electrons. The molecule has 4 atom stereocenters. The van der Waals surface area contributed by atoms with Gasteiger partial charge >= 0.3 is 0 Å². The highest BCUT2D eigenvalue weighted by Gasteiger charge is 2.34. The molecule has 2 aliphatic rings. The lowest BCUT2D eigenvalue weighted by molar-refractivity contribution is 0.0277. The summed E-state index contributed by atoms with van der Waals surface area (Å²) in [5.74, 6) is 1.63. The van der Waals surface area contributed by atoms with Gasteiger partial charge in [-0.05, 0) is 44.6 Å². The van der Waals surface area contributed by atoms with Gasteiger partial charge in [0, 0.05) is 38.3 Å². The van der Waals surface area contributed by atoms with E-state index < -0.39 is 0 Å². The lowest BCUT2D eigenvalue weighted by Gasteiger charge is -2.46. The first-order valence-electron chi connectivity index (χ1n) is 8.33. The minimum atomic E-state index is 0.742. The van der Waals surface area contributed by atoms with Gasteiger partial charge in [0.15, 0.2) is 0 Å². The second kappa shape index (κ2) is 7.05. The Morgan fingerprint density at radius 1 is 1.16 bits per heavy atom. The first kappa shape index (κ1) is 15.3. The minimum Gasteiger partial charge on any atom is -0.330 e. The zero-order chi connectivity index (χ0) is 13.8. The summed E-state index contributed by atoms with van der Waals surface area (Å²) in [5.41, 5.74) is 6.01. The van der Waals surface area contributed by atoms with Crippen molar-refractivity contribution < 1.29 is 0 Å². The highest BCUT2D eigenvalue weighted by molar-refractivity contribution is 4.89. The molecule has 0 radical (unpaired) electrons. The van der Waals surface area contributed by atoms with E-state index in [1.165, 1.54) is 51.9 Å². The molecule has 1 aliphatic carbocycles. The molecule has 2 rings (SSSR count). The van der Waals surface area contributed by atoms with E-state index in [0.29, 0.717) is 0 Å². The van der Waals surface area contributed by atoms with Gasteiger partial charge in [-0.25, -0.2) is 0 Å². The van der Waals surface area contributed by atoms with Crippen LogP contribution in [0.4, 0.5) is 0 Å². The Bertz CT molecular complexity index is 261. The average molecular weight is 267 g/mol. The first-order valence-corrected chi connectivity index (χ1v) is 8.33. The molecule has 0 bridgehead atoms. The molecule has 3 heteroatoms. The van der Waals surface area contributed by atoms with Crippen molar-refractivity contribution >= 4 is 0 Å². The molecule has 1 heterocycles. The van der Waals surface area contributed by atoms with Gasteiger partial charge in [0.2, 0.25) is 0 Å². The summed E-state index contributed by atoms with van der Waals surface area (Å²) in [5, 5.41) is 0. The van der Waals surface area contributed by atoms with Crippen LogP contribution in [0.25, 0.3) is 0 Å². The fourth-order valence-corrected chi connectivity index (χ4v) is 3.90. The molecule has 1 saturated carbocycles. The standard InChI is InChI=1S/C16H33N3/c1-4-14(3)18-7-9-19(10-8-18)16-11-13(2)5-6-15(16)12-17/h13-16H,4-12,17H2,1-3H3. The van der Waals surface area contributed by atoms with Crippen LogP contribution >= 0.6 is 0 Å². The van der Waals surface area contributed by atoms with E-state index in [4.69, 9.17) is 5.73 Å². The molecule has 19 heavy (non-hydrogen) atoms. The average Bonchev–Trinajstić information content (AvgIpc) is 2.46. The van der Waals surface area contributed by atoms with Gasteiger partial charge in [0.25, 0.3) is 0 Å². The summed E-state index contributed by atoms with van der Waals surface area (Å²) in [6.07, 6.45) is 5.36. The highest BCUT2D eigenvalue weighted by Crippen LogP contribution is 2.32. The Kier molecular flexibility index (Phi) is 5.67. The largest absolute Gasteiger partial charge is 0.330 e. The molecule has 4 unspecified atom stereocenters. The van der Waals surface area contributed by atoms with Crippen molar-refractivity contribution in [3.05, 3.63) is 0 Å². The van der Waals surface area contributed by atoms with Crippen molar-refractivity contribution in [3.8, 4) is 0 Å². The van der Waals surface area contributed by atoms with E-state index in [-0.39, 0.29) is 0 Å².